The van der Waals surface area contributed by atoms with Crippen LogP contribution in [0.5, 0.6) is 0 Å². The predicted octanol–water partition coefficient (Wildman–Crippen LogP) is 3.58. The van der Waals surface area contributed by atoms with Crippen LogP contribution in [-0.4, -0.2) is 6.54 Å². The maximum Gasteiger partial charge on any atom is 0.0205 e. The number of rotatable bonds is 6. The summed E-state index contributed by atoms with van der Waals surface area (Å²) in [6, 6.07) is 6.75. The van der Waals surface area contributed by atoms with E-state index in [1.165, 1.54) is 48.9 Å². The van der Waals surface area contributed by atoms with Crippen molar-refractivity contribution < 1.29 is 0 Å². The van der Waals surface area contributed by atoms with Gasteiger partial charge < -0.3 is 5.32 Å². The topological polar surface area (TPSA) is 12.0 Å². The molecule has 1 aliphatic rings. The highest BCUT2D eigenvalue weighted by Crippen LogP contribution is 2.33. The van der Waals surface area contributed by atoms with Gasteiger partial charge in [-0.1, -0.05) is 31.0 Å². The Morgan fingerprint density at radius 1 is 1.19 bits per heavy atom. The van der Waals surface area contributed by atoms with Crippen LogP contribution in [0.3, 0.4) is 0 Å². The SMILES string of the molecule is Cc1ccc(CNCCCC2CC2)cc1C. The fourth-order valence-corrected chi connectivity index (χ4v) is 2.07. The van der Waals surface area contributed by atoms with Crippen molar-refractivity contribution >= 4 is 0 Å². The molecule has 1 N–H and O–H groups in total. The monoisotopic (exact) mass is 217 g/mol. The molecule has 0 unspecified atom stereocenters. The molecular formula is C15H23N. The molecule has 0 atom stereocenters. The Bertz CT molecular complexity index is 339. The minimum Gasteiger partial charge on any atom is -0.313 e. The van der Waals surface area contributed by atoms with Crippen molar-refractivity contribution in [3.63, 3.8) is 0 Å². The maximum atomic E-state index is 3.53. The molecule has 1 saturated carbocycles. The van der Waals surface area contributed by atoms with E-state index in [1.807, 2.05) is 0 Å². The summed E-state index contributed by atoms with van der Waals surface area (Å²) in [6.07, 6.45) is 5.74. The summed E-state index contributed by atoms with van der Waals surface area (Å²) in [5.41, 5.74) is 4.20. The molecule has 1 aliphatic carbocycles. The maximum absolute atomic E-state index is 3.53. The molecule has 0 saturated heterocycles. The van der Waals surface area contributed by atoms with Gasteiger partial charge in [-0.15, -0.1) is 0 Å². The Morgan fingerprint density at radius 3 is 2.69 bits per heavy atom. The lowest BCUT2D eigenvalue weighted by atomic mass is 10.1. The Hall–Kier alpha value is -0.820. The smallest absolute Gasteiger partial charge is 0.0205 e. The molecule has 0 spiro atoms. The Labute approximate surface area is 99.3 Å². The zero-order valence-corrected chi connectivity index (χ0v) is 10.6. The third-order valence-electron chi connectivity index (χ3n) is 3.56. The van der Waals surface area contributed by atoms with Gasteiger partial charge in [0, 0.05) is 6.54 Å². The first-order valence-electron chi connectivity index (χ1n) is 6.52. The van der Waals surface area contributed by atoms with Gasteiger partial charge in [0.05, 0.1) is 0 Å². The Morgan fingerprint density at radius 2 is 2.00 bits per heavy atom. The summed E-state index contributed by atoms with van der Waals surface area (Å²) in [6.45, 7) is 6.54. The van der Waals surface area contributed by atoms with Gasteiger partial charge in [0.1, 0.15) is 0 Å². The molecule has 1 fully saturated rings. The summed E-state index contributed by atoms with van der Waals surface area (Å²) in [5, 5.41) is 3.53. The minimum absolute atomic E-state index is 1.02. The molecular weight excluding hydrogens is 194 g/mol. The normalized spacial score (nSPS) is 15.4. The van der Waals surface area contributed by atoms with Crippen LogP contribution in [0, 0.1) is 19.8 Å². The van der Waals surface area contributed by atoms with Gasteiger partial charge in [-0.2, -0.15) is 0 Å². The van der Waals surface area contributed by atoms with Gasteiger partial charge in [-0.25, -0.2) is 0 Å². The van der Waals surface area contributed by atoms with Crippen LogP contribution in [0.4, 0.5) is 0 Å². The second-order valence-electron chi connectivity index (χ2n) is 5.18. The summed E-state index contributed by atoms with van der Waals surface area (Å²) < 4.78 is 0. The van der Waals surface area contributed by atoms with E-state index in [0.29, 0.717) is 0 Å². The highest BCUT2D eigenvalue weighted by molar-refractivity contribution is 5.29. The van der Waals surface area contributed by atoms with Crippen molar-refractivity contribution in [1.29, 1.82) is 0 Å². The summed E-state index contributed by atoms with van der Waals surface area (Å²) in [5.74, 6) is 1.07. The van der Waals surface area contributed by atoms with Crippen LogP contribution in [0.15, 0.2) is 18.2 Å². The Kier molecular flexibility index (Phi) is 4.00. The zero-order chi connectivity index (χ0) is 11.4. The van der Waals surface area contributed by atoms with Crippen molar-refractivity contribution in [2.75, 3.05) is 6.54 Å². The molecule has 0 heterocycles. The van der Waals surface area contributed by atoms with Gasteiger partial charge in [0.25, 0.3) is 0 Å². The van der Waals surface area contributed by atoms with Crippen LogP contribution in [0.2, 0.25) is 0 Å². The van der Waals surface area contributed by atoms with E-state index in [1.54, 1.807) is 0 Å². The van der Waals surface area contributed by atoms with Gasteiger partial charge >= 0.3 is 0 Å². The molecule has 16 heavy (non-hydrogen) atoms. The number of hydrogen-bond donors (Lipinski definition) is 1. The molecule has 1 aromatic carbocycles. The quantitative estimate of drug-likeness (QED) is 0.718. The second-order valence-corrected chi connectivity index (χ2v) is 5.18. The van der Waals surface area contributed by atoms with Gasteiger partial charge in [0.15, 0.2) is 0 Å². The van der Waals surface area contributed by atoms with Crippen molar-refractivity contribution in [3.8, 4) is 0 Å². The summed E-state index contributed by atoms with van der Waals surface area (Å²) >= 11 is 0. The van der Waals surface area contributed by atoms with Crippen LogP contribution in [0.25, 0.3) is 0 Å². The molecule has 1 heteroatoms. The average molecular weight is 217 g/mol. The zero-order valence-electron chi connectivity index (χ0n) is 10.6. The molecule has 0 aliphatic heterocycles. The van der Waals surface area contributed by atoms with E-state index >= 15 is 0 Å². The lowest BCUT2D eigenvalue weighted by Gasteiger charge is -2.07. The number of hydrogen-bond acceptors (Lipinski definition) is 1. The third kappa shape index (κ3) is 3.64. The van der Waals surface area contributed by atoms with E-state index in [-0.39, 0.29) is 0 Å². The summed E-state index contributed by atoms with van der Waals surface area (Å²) in [4.78, 5) is 0. The van der Waals surface area contributed by atoms with Gasteiger partial charge in [-0.05, 0) is 55.8 Å². The highest BCUT2D eigenvalue weighted by atomic mass is 14.8. The van der Waals surface area contributed by atoms with Crippen LogP contribution < -0.4 is 5.32 Å². The number of benzene rings is 1. The number of nitrogens with one attached hydrogen (secondary N) is 1. The molecule has 2 rings (SSSR count). The molecule has 88 valence electrons. The largest absolute Gasteiger partial charge is 0.313 e. The highest BCUT2D eigenvalue weighted by Gasteiger charge is 2.19. The lowest BCUT2D eigenvalue weighted by Crippen LogP contribution is -2.14. The minimum atomic E-state index is 1.02. The fourth-order valence-electron chi connectivity index (χ4n) is 2.07. The van der Waals surface area contributed by atoms with E-state index < -0.39 is 0 Å². The van der Waals surface area contributed by atoms with Crippen molar-refractivity contribution in [3.05, 3.63) is 34.9 Å². The predicted molar refractivity (Wildman–Crippen MR) is 69.6 cm³/mol. The first-order valence-corrected chi connectivity index (χ1v) is 6.52. The molecule has 1 aromatic rings. The molecule has 0 bridgehead atoms. The first-order chi connectivity index (χ1) is 7.75. The first kappa shape index (κ1) is 11.7. The average Bonchev–Trinajstić information content (AvgIpc) is 3.07. The number of aryl methyl sites for hydroxylation is 2. The van der Waals surface area contributed by atoms with E-state index in [2.05, 4.69) is 37.4 Å². The van der Waals surface area contributed by atoms with Crippen molar-refractivity contribution in [2.45, 2.75) is 46.1 Å². The van der Waals surface area contributed by atoms with Crippen LogP contribution in [0.1, 0.15) is 42.4 Å². The summed E-state index contributed by atoms with van der Waals surface area (Å²) in [7, 11) is 0. The van der Waals surface area contributed by atoms with Gasteiger partial charge in [-0.3, -0.25) is 0 Å². The molecule has 1 nitrogen and oxygen atoms in total. The van der Waals surface area contributed by atoms with E-state index in [4.69, 9.17) is 0 Å². The molecule has 0 amide bonds. The van der Waals surface area contributed by atoms with E-state index in [0.717, 1.165) is 12.5 Å². The third-order valence-corrected chi connectivity index (χ3v) is 3.56. The standard InChI is InChI=1S/C15H23N/c1-12-5-6-15(10-13(12)2)11-16-9-3-4-14-7-8-14/h5-6,10,14,16H,3-4,7-9,11H2,1-2H3. The van der Waals surface area contributed by atoms with Crippen LogP contribution >= 0.6 is 0 Å². The second kappa shape index (κ2) is 5.49. The van der Waals surface area contributed by atoms with Crippen molar-refractivity contribution in [2.24, 2.45) is 5.92 Å². The molecule has 0 radical (unpaired) electrons. The van der Waals surface area contributed by atoms with Crippen LogP contribution in [-0.2, 0) is 6.54 Å². The Balaban J connectivity index is 1.65. The lowest BCUT2D eigenvalue weighted by molar-refractivity contribution is 0.594. The fraction of sp³-hybridized carbons (Fsp3) is 0.600. The van der Waals surface area contributed by atoms with E-state index in [9.17, 15) is 0 Å². The van der Waals surface area contributed by atoms with Crippen molar-refractivity contribution in [1.82, 2.24) is 5.32 Å². The molecule has 0 aromatic heterocycles. The van der Waals surface area contributed by atoms with Gasteiger partial charge in [0.2, 0.25) is 0 Å².